The van der Waals surface area contributed by atoms with Crippen molar-refractivity contribution in [3.8, 4) is 23.3 Å². The van der Waals surface area contributed by atoms with Crippen LogP contribution in [0.4, 0.5) is 5.69 Å². The summed E-state index contributed by atoms with van der Waals surface area (Å²) in [5.41, 5.74) is 12.9. The van der Waals surface area contributed by atoms with Gasteiger partial charge in [0.05, 0.1) is 16.8 Å². The molecule has 0 fully saturated rings. The molecule has 0 saturated carbocycles. The number of nitrogens with zero attached hydrogens (tertiary/aromatic N) is 2. The van der Waals surface area contributed by atoms with Gasteiger partial charge >= 0.3 is 0 Å². The summed E-state index contributed by atoms with van der Waals surface area (Å²) in [5, 5.41) is 19.4. The Balaban J connectivity index is 2.33. The van der Waals surface area contributed by atoms with Crippen LogP contribution in [0.25, 0.3) is 11.1 Å². The molecular weight excluding hydrogens is 306 g/mol. The first-order chi connectivity index (χ1) is 12.0. The molecule has 2 aromatic rings. The average molecular weight is 329 g/mol. The number of hydrogen-bond donors (Lipinski definition) is 1. The highest BCUT2D eigenvalue weighted by Crippen LogP contribution is 2.44. The Morgan fingerprint density at radius 1 is 1.08 bits per heavy atom. The van der Waals surface area contributed by atoms with E-state index >= 15 is 0 Å². The Morgan fingerprint density at radius 3 is 2.28 bits per heavy atom. The fourth-order valence-corrected chi connectivity index (χ4v) is 3.96. The average Bonchev–Trinajstić information content (AvgIpc) is 2.61. The highest BCUT2D eigenvalue weighted by atomic mass is 14.6. The molecule has 0 aliphatic heterocycles. The van der Waals surface area contributed by atoms with Crippen LogP contribution in [0.1, 0.15) is 73.3 Å². The van der Waals surface area contributed by atoms with Crippen LogP contribution in [0.2, 0.25) is 0 Å². The van der Waals surface area contributed by atoms with Gasteiger partial charge in [-0.05, 0) is 53.4 Å². The maximum Gasteiger partial charge on any atom is 0.102 e. The standard InChI is InChI=1S/C22H23N3/c1-13(2)15-7-9-16(10-8-15)21-17-6-4-5-14(3)20(17)18(11-23)22(25)19(21)12-24/h7-10,13-14H,4-6,25H2,1-3H3/t14-/m1/s1. The van der Waals surface area contributed by atoms with Gasteiger partial charge < -0.3 is 5.73 Å². The molecule has 1 aliphatic carbocycles. The Morgan fingerprint density at radius 2 is 1.72 bits per heavy atom. The van der Waals surface area contributed by atoms with Gasteiger partial charge in [-0.2, -0.15) is 10.5 Å². The number of anilines is 1. The minimum absolute atomic E-state index is 0.294. The number of nitriles is 2. The summed E-state index contributed by atoms with van der Waals surface area (Å²) in [5.74, 6) is 0.756. The molecule has 3 nitrogen and oxygen atoms in total. The summed E-state index contributed by atoms with van der Waals surface area (Å²) in [7, 11) is 0. The lowest BCUT2D eigenvalue weighted by molar-refractivity contribution is 0.590. The SMILES string of the molecule is CC(C)c1ccc(-c2c(C#N)c(N)c(C#N)c3c2CCC[C@H]3C)cc1. The van der Waals surface area contributed by atoms with Gasteiger partial charge in [0.2, 0.25) is 0 Å². The Kier molecular flexibility index (Phi) is 4.51. The fourth-order valence-electron chi connectivity index (χ4n) is 3.96. The number of hydrogen-bond acceptors (Lipinski definition) is 3. The molecule has 2 N–H and O–H groups in total. The summed E-state index contributed by atoms with van der Waals surface area (Å²) < 4.78 is 0. The van der Waals surface area contributed by atoms with E-state index in [1.54, 1.807) is 0 Å². The lowest BCUT2D eigenvalue weighted by Crippen LogP contribution is -2.15. The van der Waals surface area contributed by atoms with Crippen molar-refractivity contribution >= 4 is 5.69 Å². The van der Waals surface area contributed by atoms with Gasteiger partial charge in [-0.15, -0.1) is 0 Å². The van der Waals surface area contributed by atoms with Gasteiger partial charge in [-0.1, -0.05) is 45.0 Å². The number of fused-ring (bicyclic) bond motifs is 1. The number of nitrogens with two attached hydrogens (primary N) is 1. The van der Waals surface area contributed by atoms with Crippen molar-refractivity contribution < 1.29 is 0 Å². The fraction of sp³-hybridized carbons (Fsp3) is 0.364. The molecule has 0 bridgehead atoms. The van der Waals surface area contributed by atoms with E-state index in [1.807, 2.05) is 0 Å². The maximum atomic E-state index is 9.75. The first kappa shape index (κ1) is 17.1. The normalized spacial score (nSPS) is 16.2. The van der Waals surface area contributed by atoms with Gasteiger partial charge in [0.25, 0.3) is 0 Å². The molecule has 1 aliphatic rings. The molecule has 0 aromatic heterocycles. The van der Waals surface area contributed by atoms with E-state index in [0.717, 1.165) is 41.5 Å². The summed E-state index contributed by atoms with van der Waals surface area (Å²) in [6, 6.07) is 12.9. The maximum absolute atomic E-state index is 9.75. The van der Waals surface area contributed by atoms with Gasteiger partial charge in [-0.25, -0.2) is 0 Å². The molecule has 0 radical (unpaired) electrons. The van der Waals surface area contributed by atoms with E-state index in [1.165, 1.54) is 5.56 Å². The molecule has 0 saturated heterocycles. The van der Waals surface area contributed by atoms with Crippen LogP contribution < -0.4 is 5.73 Å². The Labute approximate surface area is 149 Å². The van der Waals surface area contributed by atoms with Gasteiger partial charge in [0.15, 0.2) is 0 Å². The van der Waals surface area contributed by atoms with Crippen molar-refractivity contribution in [2.75, 3.05) is 5.73 Å². The number of benzene rings is 2. The van der Waals surface area contributed by atoms with Crippen LogP contribution in [0, 0.1) is 22.7 Å². The molecule has 0 spiro atoms. The Bertz CT molecular complexity index is 893. The summed E-state index contributed by atoms with van der Waals surface area (Å²) in [4.78, 5) is 0. The van der Waals surface area contributed by atoms with Crippen molar-refractivity contribution in [3.05, 3.63) is 52.1 Å². The van der Waals surface area contributed by atoms with Crippen LogP contribution >= 0.6 is 0 Å². The van der Waals surface area contributed by atoms with Crippen molar-refractivity contribution in [2.24, 2.45) is 0 Å². The third-order valence-electron chi connectivity index (χ3n) is 5.33. The topological polar surface area (TPSA) is 73.6 Å². The third kappa shape index (κ3) is 2.77. The molecular formula is C22H23N3. The summed E-state index contributed by atoms with van der Waals surface area (Å²) in [6.07, 6.45) is 3.02. The van der Waals surface area contributed by atoms with E-state index in [0.29, 0.717) is 28.7 Å². The predicted octanol–water partition coefficient (Wildman–Crippen LogP) is 5.24. The quantitative estimate of drug-likeness (QED) is 0.765. The predicted molar refractivity (Wildman–Crippen MR) is 101 cm³/mol. The molecule has 0 amide bonds. The van der Waals surface area contributed by atoms with Crippen molar-refractivity contribution in [1.29, 1.82) is 10.5 Å². The summed E-state index contributed by atoms with van der Waals surface area (Å²) in [6.45, 7) is 6.48. The zero-order valence-electron chi connectivity index (χ0n) is 15.1. The zero-order valence-corrected chi connectivity index (χ0v) is 15.1. The molecule has 25 heavy (non-hydrogen) atoms. The monoisotopic (exact) mass is 329 g/mol. The lowest BCUT2D eigenvalue weighted by atomic mass is 9.75. The van der Waals surface area contributed by atoms with Crippen molar-refractivity contribution in [3.63, 3.8) is 0 Å². The van der Waals surface area contributed by atoms with E-state index < -0.39 is 0 Å². The molecule has 3 heteroatoms. The zero-order chi connectivity index (χ0) is 18.1. The molecule has 2 aromatic carbocycles. The summed E-state index contributed by atoms with van der Waals surface area (Å²) >= 11 is 0. The van der Waals surface area contributed by atoms with E-state index in [9.17, 15) is 10.5 Å². The lowest BCUT2D eigenvalue weighted by Gasteiger charge is -2.28. The van der Waals surface area contributed by atoms with Crippen LogP contribution in [0.3, 0.4) is 0 Å². The smallest absolute Gasteiger partial charge is 0.102 e. The highest BCUT2D eigenvalue weighted by molar-refractivity contribution is 5.85. The number of nitrogen functional groups attached to an aromatic ring is 1. The van der Waals surface area contributed by atoms with Gasteiger partial charge in [0.1, 0.15) is 12.1 Å². The van der Waals surface area contributed by atoms with Crippen LogP contribution in [-0.4, -0.2) is 0 Å². The highest BCUT2D eigenvalue weighted by Gasteiger charge is 2.28. The number of rotatable bonds is 2. The van der Waals surface area contributed by atoms with Crippen LogP contribution in [0.5, 0.6) is 0 Å². The minimum Gasteiger partial charge on any atom is -0.397 e. The Hall–Kier alpha value is -2.78. The van der Waals surface area contributed by atoms with Crippen LogP contribution in [0.15, 0.2) is 24.3 Å². The third-order valence-corrected chi connectivity index (χ3v) is 5.33. The largest absolute Gasteiger partial charge is 0.397 e. The van der Waals surface area contributed by atoms with E-state index in [-0.39, 0.29) is 0 Å². The molecule has 0 heterocycles. The van der Waals surface area contributed by atoms with E-state index in [4.69, 9.17) is 5.73 Å². The van der Waals surface area contributed by atoms with Crippen molar-refractivity contribution in [1.82, 2.24) is 0 Å². The minimum atomic E-state index is 0.294. The molecule has 126 valence electrons. The van der Waals surface area contributed by atoms with Gasteiger partial charge in [-0.3, -0.25) is 0 Å². The second-order valence-electron chi connectivity index (χ2n) is 7.22. The molecule has 3 rings (SSSR count). The van der Waals surface area contributed by atoms with Gasteiger partial charge in [0, 0.05) is 5.56 Å². The molecule has 1 atom stereocenters. The molecule has 0 unspecified atom stereocenters. The second kappa shape index (κ2) is 6.61. The second-order valence-corrected chi connectivity index (χ2v) is 7.22. The first-order valence-electron chi connectivity index (χ1n) is 8.88. The van der Waals surface area contributed by atoms with Crippen molar-refractivity contribution in [2.45, 2.75) is 51.9 Å². The van der Waals surface area contributed by atoms with E-state index in [2.05, 4.69) is 57.2 Å². The van der Waals surface area contributed by atoms with Crippen LogP contribution in [-0.2, 0) is 6.42 Å². The first-order valence-corrected chi connectivity index (χ1v) is 8.88.